The number of aliphatic hydroxyl groups excluding tert-OH is 1. The second-order valence-electron chi connectivity index (χ2n) is 4.24. The van der Waals surface area contributed by atoms with Crippen molar-refractivity contribution in [2.75, 3.05) is 39.5 Å². The summed E-state index contributed by atoms with van der Waals surface area (Å²) in [5.74, 6) is 0.0923. The number of ether oxygens (including phenoxy) is 1. The van der Waals surface area contributed by atoms with Crippen LogP contribution in [0.25, 0.3) is 0 Å². The van der Waals surface area contributed by atoms with E-state index in [2.05, 4.69) is 17.1 Å². The lowest BCUT2D eigenvalue weighted by atomic mass is 10.3. The van der Waals surface area contributed by atoms with Crippen molar-refractivity contribution in [3.8, 4) is 0 Å². The first-order chi connectivity index (χ1) is 8.10. The van der Waals surface area contributed by atoms with E-state index in [9.17, 15) is 4.79 Å². The Morgan fingerprint density at radius 2 is 2.06 bits per heavy atom. The molecule has 0 saturated heterocycles. The third-order valence-corrected chi connectivity index (χ3v) is 2.34. The van der Waals surface area contributed by atoms with Gasteiger partial charge >= 0.3 is 0 Å². The molecule has 0 aromatic heterocycles. The molecule has 5 nitrogen and oxygen atoms in total. The van der Waals surface area contributed by atoms with Crippen molar-refractivity contribution in [1.29, 1.82) is 0 Å². The fourth-order valence-corrected chi connectivity index (χ4v) is 1.44. The van der Waals surface area contributed by atoms with E-state index in [1.165, 1.54) is 0 Å². The number of hydrogen-bond acceptors (Lipinski definition) is 4. The summed E-state index contributed by atoms with van der Waals surface area (Å²) in [5.41, 5.74) is 0. The maximum atomic E-state index is 11.4. The van der Waals surface area contributed by atoms with Crippen molar-refractivity contribution >= 4 is 5.91 Å². The molecule has 0 aliphatic heterocycles. The molecule has 0 atom stereocenters. The molecular formula is C12H26N2O3. The molecule has 0 aliphatic rings. The largest absolute Gasteiger partial charge is 0.394 e. The number of nitrogens with one attached hydrogen (secondary N) is 1. The van der Waals surface area contributed by atoms with Gasteiger partial charge in [0.15, 0.2) is 0 Å². The number of carbonyl (C=O) groups is 1. The zero-order chi connectivity index (χ0) is 13.1. The number of carbonyl (C=O) groups excluding carboxylic acids is 1. The third-order valence-electron chi connectivity index (χ3n) is 2.34. The molecule has 0 bridgehead atoms. The van der Waals surface area contributed by atoms with Crippen LogP contribution in [0.1, 0.15) is 27.2 Å². The van der Waals surface area contributed by atoms with E-state index < -0.39 is 0 Å². The van der Waals surface area contributed by atoms with Crippen LogP contribution in [-0.4, -0.2) is 61.4 Å². The van der Waals surface area contributed by atoms with E-state index in [1.807, 2.05) is 13.8 Å². The van der Waals surface area contributed by atoms with Crippen LogP contribution in [0.15, 0.2) is 0 Å². The average Bonchev–Trinajstić information content (AvgIpc) is 2.27. The second kappa shape index (κ2) is 10.5. The molecular weight excluding hydrogens is 220 g/mol. The molecule has 0 rings (SSSR count). The fraction of sp³-hybridized carbons (Fsp3) is 0.917. The molecule has 17 heavy (non-hydrogen) atoms. The SMILES string of the molecule is CCN(CCOCCO)CCC(=O)NC(C)C. The summed E-state index contributed by atoms with van der Waals surface area (Å²) in [5, 5.41) is 11.4. The lowest BCUT2D eigenvalue weighted by Crippen LogP contribution is -2.35. The molecule has 0 aromatic rings. The van der Waals surface area contributed by atoms with Crippen molar-refractivity contribution in [3.63, 3.8) is 0 Å². The Morgan fingerprint density at radius 1 is 1.35 bits per heavy atom. The van der Waals surface area contributed by atoms with Crippen molar-refractivity contribution in [3.05, 3.63) is 0 Å². The Bertz CT molecular complexity index is 198. The van der Waals surface area contributed by atoms with Crippen LogP contribution in [0.5, 0.6) is 0 Å². The van der Waals surface area contributed by atoms with Gasteiger partial charge in [0, 0.05) is 25.6 Å². The maximum absolute atomic E-state index is 11.4. The quantitative estimate of drug-likeness (QED) is 0.542. The summed E-state index contributed by atoms with van der Waals surface area (Å²) in [6.07, 6.45) is 0.520. The van der Waals surface area contributed by atoms with Crippen molar-refractivity contribution in [2.45, 2.75) is 33.2 Å². The molecule has 0 aromatic carbocycles. The lowest BCUT2D eigenvalue weighted by Gasteiger charge is -2.20. The third kappa shape index (κ3) is 10.2. The molecule has 5 heteroatoms. The van der Waals surface area contributed by atoms with Gasteiger partial charge in [-0.15, -0.1) is 0 Å². The highest BCUT2D eigenvalue weighted by atomic mass is 16.5. The molecule has 0 unspecified atom stereocenters. The van der Waals surface area contributed by atoms with Gasteiger partial charge in [0.25, 0.3) is 0 Å². The first-order valence-electron chi connectivity index (χ1n) is 6.30. The Hall–Kier alpha value is -0.650. The molecule has 0 fully saturated rings. The predicted octanol–water partition coefficient (Wildman–Crippen LogP) is 0.232. The normalized spacial score (nSPS) is 11.2. The first-order valence-corrected chi connectivity index (χ1v) is 6.30. The van der Waals surface area contributed by atoms with Gasteiger partial charge in [0.05, 0.1) is 19.8 Å². The summed E-state index contributed by atoms with van der Waals surface area (Å²) in [6, 6.07) is 0.200. The number of rotatable bonds is 10. The average molecular weight is 246 g/mol. The van der Waals surface area contributed by atoms with Gasteiger partial charge in [0.2, 0.25) is 5.91 Å². The van der Waals surface area contributed by atoms with Gasteiger partial charge in [-0.05, 0) is 20.4 Å². The molecule has 2 N–H and O–H groups in total. The van der Waals surface area contributed by atoms with Crippen LogP contribution in [-0.2, 0) is 9.53 Å². The van der Waals surface area contributed by atoms with Gasteiger partial charge in [-0.3, -0.25) is 4.79 Å². The van der Waals surface area contributed by atoms with Crippen molar-refractivity contribution < 1.29 is 14.6 Å². The van der Waals surface area contributed by atoms with E-state index in [4.69, 9.17) is 9.84 Å². The summed E-state index contributed by atoms with van der Waals surface area (Å²) in [7, 11) is 0. The van der Waals surface area contributed by atoms with Crippen LogP contribution in [0.2, 0.25) is 0 Å². The number of likely N-dealkylation sites (N-methyl/N-ethyl adjacent to an activating group) is 1. The van der Waals surface area contributed by atoms with Crippen LogP contribution in [0.4, 0.5) is 0 Å². The highest BCUT2D eigenvalue weighted by Gasteiger charge is 2.07. The minimum atomic E-state index is 0.0585. The van der Waals surface area contributed by atoms with Gasteiger partial charge in [-0.25, -0.2) is 0 Å². The minimum Gasteiger partial charge on any atom is -0.394 e. The molecule has 0 spiro atoms. The summed E-state index contributed by atoms with van der Waals surface area (Å²) >= 11 is 0. The summed E-state index contributed by atoms with van der Waals surface area (Å²) < 4.78 is 5.19. The summed E-state index contributed by atoms with van der Waals surface area (Å²) in [4.78, 5) is 13.6. The topological polar surface area (TPSA) is 61.8 Å². The molecule has 0 saturated carbocycles. The van der Waals surface area contributed by atoms with E-state index in [0.29, 0.717) is 19.6 Å². The smallest absolute Gasteiger partial charge is 0.221 e. The molecule has 0 radical (unpaired) electrons. The minimum absolute atomic E-state index is 0.0585. The van der Waals surface area contributed by atoms with Gasteiger partial charge in [-0.1, -0.05) is 6.92 Å². The van der Waals surface area contributed by atoms with Crippen molar-refractivity contribution in [1.82, 2.24) is 10.2 Å². The Kier molecular flexibility index (Phi) is 10.1. The number of nitrogens with zero attached hydrogens (tertiary/aromatic N) is 1. The Labute approximate surface area is 104 Å². The van der Waals surface area contributed by atoms with Gasteiger partial charge < -0.3 is 20.1 Å². The molecule has 0 heterocycles. The molecule has 0 aliphatic carbocycles. The zero-order valence-corrected chi connectivity index (χ0v) is 11.2. The van der Waals surface area contributed by atoms with Crippen LogP contribution in [0.3, 0.4) is 0 Å². The van der Waals surface area contributed by atoms with Crippen LogP contribution < -0.4 is 5.32 Å². The van der Waals surface area contributed by atoms with Crippen LogP contribution >= 0.6 is 0 Å². The Morgan fingerprint density at radius 3 is 2.59 bits per heavy atom. The van der Waals surface area contributed by atoms with E-state index >= 15 is 0 Å². The molecule has 1 amide bonds. The predicted molar refractivity (Wildman–Crippen MR) is 67.9 cm³/mol. The van der Waals surface area contributed by atoms with E-state index in [0.717, 1.165) is 19.6 Å². The van der Waals surface area contributed by atoms with Gasteiger partial charge in [0.1, 0.15) is 0 Å². The zero-order valence-electron chi connectivity index (χ0n) is 11.2. The van der Waals surface area contributed by atoms with Crippen LogP contribution in [0, 0.1) is 0 Å². The van der Waals surface area contributed by atoms with Crippen molar-refractivity contribution in [2.24, 2.45) is 0 Å². The monoisotopic (exact) mass is 246 g/mol. The van der Waals surface area contributed by atoms with E-state index in [-0.39, 0.29) is 18.6 Å². The maximum Gasteiger partial charge on any atom is 0.221 e. The standard InChI is InChI=1S/C12H26N2O3/c1-4-14(7-9-17-10-8-15)6-5-12(16)13-11(2)3/h11,15H,4-10H2,1-3H3,(H,13,16). The first kappa shape index (κ1) is 16.4. The highest BCUT2D eigenvalue weighted by Crippen LogP contribution is 1.93. The number of hydrogen-bond donors (Lipinski definition) is 2. The second-order valence-corrected chi connectivity index (χ2v) is 4.24. The van der Waals surface area contributed by atoms with Gasteiger partial charge in [-0.2, -0.15) is 0 Å². The Balaban J connectivity index is 3.63. The molecule has 102 valence electrons. The fourth-order valence-electron chi connectivity index (χ4n) is 1.44. The summed E-state index contributed by atoms with van der Waals surface area (Å²) in [6.45, 7) is 9.46. The highest BCUT2D eigenvalue weighted by molar-refractivity contribution is 5.76. The van der Waals surface area contributed by atoms with E-state index in [1.54, 1.807) is 0 Å². The number of aliphatic hydroxyl groups is 1. The number of amides is 1. The lowest BCUT2D eigenvalue weighted by molar-refractivity contribution is -0.121.